The van der Waals surface area contributed by atoms with E-state index in [-0.39, 0.29) is 10.8 Å². The number of thiophene rings is 1. The summed E-state index contributed by atoms with van der Waals surface area (Å²) in [5.41, 5.74) is 21.8. The molecular formula is C60H43NS. The lowest BCUT2D eigenvalue weighted by atomic mass is 9.81. The third-order valence-electron chi connectivity index (χ3n) is 14.4. The van der Waals surface area contributed by atoms with Gasteiger partial charge in [0.2, 0.25) is 0 Å². The summed E-state index contributed by atoms with van der Waals surface area (Å²) in [5.74, 6) is 0. The summed E-state index contributed by atoms with van der Waals surface area (Å²) in [6, 6.07) is 71.1. The van der Waals surface area contributed by atoms with Gasteiger partial charge in [0.05, 0.1) is 11.0 Å². The summed E-state index contributed by atoms with van der Waals surface area (Å²) in [4.78, 5) is 0. The Morgan fingerprint density at radius 1 is 0.339 bits per heavy atom. The molecule has 0 atom stereocenters. The van der Waals surface area contributed by atoms with Gasteiger partial charge in [-0.25, -0.2) is 0 Å². The zero-order valence-electron chi connectivity index (χ0n) is 35.3. The molecule has 0 bridgehead atoms. The molecule has 2 aliphatic carbocycles. The average Bonchev–Trinajstić information content (AvgIpc) is 3.99. The van der Waals surface area contributed by atoms with Crippen molar-refractivity contribution in [2.45, 2.75) is 38.5 Å². The van der Waals surface area contributed by atoms with Crippen LogP contribution >= 0.6 is 11.3 Å². The van der Waals surface area contributed by atoms with Gasteiger partial charge >= 0.3 is 0 Å². The predicted molar refractivity (Wildman–Crippen MR) is 265 cm³/mol. The van der Waals surface area contributed by atoms with Gasteiger partial charge in [0, 0.05) is 47.5 Å². The molecule has 2 heteroatoms. The van der Waals surface area contributed by atoms with Crippen LogP contribution in [0.4, 0.5) is 0 Å². The zero-order valence-corrected chi connectivity index (χ0v) is 36.1. The Labute approximate surface area is 366 Å². The maximum absolute atomic E-state index is 2.50. The van der Waals surface area contributed by atoms with Crippen molar-refractivity contribution in [3.8, 4) is 61.3 Å². The Hall–Kier alpha value is -7.00. The number of aromatic nitrogens is 1. The fraction of sp³-hybridized carbons (Fsp3) is 0.100. The van der Waals surface area contributed by atoms with Gasteiger partial charge in [0.25, 0.3) is 0 Å². The highest BCUT2D eigenvalue weighted by Gasteiger charge is 2.36. The first-order chi connectivity index (χ1) is 30.2. The SMILES string of the molecule is CC1(C)c2ccccc2-c2ccc(-c3cc(-c4ccc5c6ccccc6n(-c6ccc7c(c6)C(C)(C)c6ccccc6-7)c5c4)cc(-c4cccc5c4sc4ccccc45)c3)cc21. The van der Waals surface area contributed by atoms with E-state index in [0.29, 0.717) is 0 Å². The summed E-state index contributed by atoms with van der Waals surface area (Å²) in [7, 11) is 0. The molecule has 0 unspecified atom stereocenters. The average molecular weight is 810 g/mol. The molecule has 2 heterocycles. The quantitative estimate of drug-likeness (QED) is 0.167. The highest BCUT2D eigenvalue weighted by molar-refractivity contribution is 7.26. The summed E-state index contributed by atoms with van der Waals surface area (Å²) >= 11 is 1.90. The lowest BCUT2D eigenvalue weighted by Gasteiger charge is -2.22. The highest BCUT2D eigenvalue weighted by Crippen LogP contribution is 2.52. The van der Waals surface area contributed by atoms with Crippen molar-refractivity contribution in [1.82, 2.24) is 4.57 Å². The Morgan fingerprint density at radius 3 is 1.63 bits per heavy atom. The topological polar surface area (TPSA) is 4.93 Å². The van der Waals surface area contributed by atoms with E-state index in [1.807, 2.05) is 11.3 Å². The minimum atomic E-state index is -0.0878. The third-order valence-corrected chi connectivity index (χ3v) is 15.6. The van der Waals surface area contributed by atoms with Crippen LogP contribution in [-0.2, 0) is 10.8 Å². The van der Waals surface area contributed by atoms with Gasteiger partial charge in [-0.2, -0.15) is 0 Å². The molecule has 0 saturated heterocycles. The molecule has 0 radical (unpaired) electrons. The van der Waals surface area contributed by atoms with Crippen molar-refractivity contribution in [2.24, 2.45) is 0 Å². The minimum Gasteiger partial charge on any atom is -0.309 e. The van der Waals surface area contributed by atoms with Crippen molar-refractivity contribution in [3.05, 3.63) is 210 Å². The molecule has 0 fully saturated rings. The Morgan fingerprint density at radius 2 is 0.871 bits per heavy atom. The number of fused-ring (bicyclic) bond motifs is 12. The van der Waals surface area contributed by atoms with Gasteiger partial charge in [-0.15, -0.1) is 11.3 Å². The van der Waals surface area contributed by atoms with E-state index in [1.165, 1.54) is 126 Å². The predicted octanol–water partition coefficient (Wildman–Crippen LogP) is 16.8. The molecular weight excluding hydrogens is 767 g/mol. The first kappa shape index (κ1) is 35.7. The van der Waals surface area contributed by atoms with Crippen LogP contribution in [-0.4, -0.2) is 4.57 Å². The zero-order chi connectivity index (χ0) is 41.5. The number of hydrogen-bond acceptors (Lipinski definition) is 1. The van der Waals surface area contributed by atoms with Crippen LogP contribution in [0.15, 0.2) is 188 Å². The van der Waals surface area contributed by atoms with Crippen LogP contribution in [0.5, 0.6) is 0 Å². The van der Waals surface area contributed by atoms with Gasteiger partial charge in [0.15, 0.2) is 0 Å². The number of para-hydroxylation sites is 1. The van der Waals surface area contributed by atoms with Crippen LogP contribution < -0.4 is 0 Å². The third kappa shape index (κ3) is 4.96. The lowest BCUT2D eigenvalue weighted by molar-refractivity contribution is 0.660. The van der Waals surface area contributed by atoms with E-state index in [4.69, 9.17) is 0 Å². The maximum atomic E-state index is 2.50. The number of nitrogens with zero attached hydrogens (tertiary/aromatic N) is 1. The van der Waals surface area contributed by atoms with Gasteiger partial charge in [-0.3, -0.25) is 0 Å². The van der Waals surface area contributed by atoms with Gasteiger partial charge in [-0.05, 0) is 132 Å². The fourth-order valence-electron chi connectivity index (χ4n) is 11.2. The number of rotatable bonds is 4. The molecule has 294 valence electrons. The summed E-state index contributed by atoms with van der Waals surface area (Å²) in [6.07, 6.45) is 0. The second kappa shape index (κ2) is 12.8. The molecule has 11 aromatic rings. The molecule has 62 heavy (non-hydrogen) atoms. The Bertz CT molecular complexity index is 3700. The van der Waals surface area contributed by atoms with E-state index < -0.39 is 0 Å². The molecule has 2 aliphatic rings. The van der Waals surface area contributed by atoms with Crippen LogP contribution in [0.25, 0.3) is 103 Å². The Balaban J connectivity index is 1.03. The van der Waals surface area contributed by atoms with Crippen LogP contribution in [0.2, 0.25) is 0 Å². The van der Waals surface area contributed by atoms with Crippen LogP contribution in [0, 0.1) is 0 Å². The molecule has 0 aliphatic heterocycles. The first-order valence-corrected chi connectivity index (χ1v) is 22.6. The van der Waals surface area contributed by atoms with Gasteiger partial charge < -0.3 is 4.57 Å². The molecule has 0 N–H and O–H groups in total. The van der Waals surface area contributed by atoms with Gasteiger partial charge in [-0.1, -0.05) is 161 Å². The van der Waals surface area contributed by atoms with Crippen molar-refractivity contribution in [2.75, 3.05) is 0 Å². The highest BCUT2D eigenvalue weighted by atomic mass is 32.1. The summed E-state index contributed by atoms with van der Waals surface area (Å²) in [6.45, 7) is 9.49. The molecule has 0 amide bonds. The largest absolute Gasteiger partial charge is 0.309 e. The summed E-state index contributed by atoms with van der Waals surface area (Å²) in [5, 5.41) is 5.17. The number of benzene rings is 9. The second-order valence-corrected chi connectivity index (χ2v) is 19.5. The van der Waals surface area contributed by atoms with Gasteiger partial charge in [0.1, 0.15) is 0 Å². The minimum absolute atomic E-state index is 0.0843. The van der Waals surface area contributed by atoms with Crippen LogP contribution in [0.1, 0.15) is 49.9 Å². The smallest absolute Gasteiger partial charge is 0.0547 e. The van der Waals surface area contributed by atoms with Crippen LogP contribution in [0.3, 0.4) is 0 Å². The first-order valence-electron chi connectivity index (χ1n) is 21.8. The van der Waals surface area contributed by atoms with Crippen molar-refractivity contribution < 1.29 is 0 Å². The molecule has 9 aromatic carbocycles. The standard InChI is InChI=1S/C60H43NS/c1-59(2)51-20-9-5-14-43(51)45-27-24-36(33-53(45)59)38-30-39(32-40(31-38)42-18-13-19-50-49-17-8-12-23-57(49)62-58(42)50)37-25-28-48-47-16-7-11-22-55(47)61(56(48)34-37)41-26-29-46-44-15-6-10-21-52(44)60(3,4)54(46)35-41/h5-35H,1-4H3. The number of hydrogen-bond donors (Lipinski definition) is 0. The van der Waals surface area contributed by atoms with Crippen molar-refractivity contribution in [3.63, 3.8) is 0 Å². The normalized spacial score (nSPS) is 14.4. The van der Waals surface area contributed by atoms with Crippen molar-refractivity contribution in [1.29, 1.82) is 0 Å². The lowest BCUT2D eigenvalue weighted by Crippen LogP contribution is -2.15. The molecule has 0 saturated carbocycles. The Kier molecular flexibility index (Phi) is 7.36. The fourth-order valence-corrected chi connectivity index (χ4v) is 12.5. The van der Waals surface area contributed by atoms with E-state index in [9.17, 15) is 0 Å². The van der Waals surface area contributed by atoms with E-state index in [0.717, 1.165) is 0 Å². The monoisotopic (exact) mass is 809 g/mol. The van der Waals surface area contributed by atoms with Crippen molar-refractivity contribution >= 4 is 53.3 Å². The summed E-state index contributed by atoms with van der Waals surface area (Å²) < 4.78 is 5.15. The van der Waals surface area contributed by atoms with E-state index in [1.54, 1.807) is 0 Å². The maximum Gasteiger partial charge on any atom is 0.0547 e. The molecule has 1 nitrogen and oxygen atoms in total. The second-order valence-electron chi connectivity index (χ2n) is 18.5. The van der Waals surface area contributed by atoms with E-state index in [2.05, 4.69) is 220 Å². The van der Waals surface area contributed by atoms with E-state index >= 15 is 0 Å². The molecule has 0 spiro atoms. The molecule has 13 rings (SSSR count). The molecule has 2 aromatic heterocycles.